The molecule has 0 fully saturated rings. The number of aliphatic hydroxyl groups is 1. The summed E-state index contributed by atoms with van der Waals surface area (Å²) in [4.78, 5) is 48.8. The quantitative estimate of drug-likeness (QED) is 0.235. The van der Waals surface area contributed by atoms with E-state index < -0.39 is 48.0 Å². The van der Waals surface area contributed by atoms with Crippen molar-refractivity contribution in [2.75, 3.05) is 24.7 Å². The molecule has 204 valence electrons. The molecule has 0 heterocycles. The zero-order chi connectivity index (χ0) is 27.4. The van der Waals surface area contributed by atoms with Gasteiger partial charge in [-0.2, -0.15) is 11.8 Å². The maximum atomic E-state index is 12.6. The Bertz CT molecular complexity index is 708. The molecular weight excluding hydrogens is 474 g/mol. The van der Waals surface area contributed by atoms with E-state index >= 15 is 0 Å². The van der Waals surface area contributed by atoms with Crippen LogP contribution in [-0.4, -0.2) is 77.8 Å². The smallest absolute Gasteiger partial charge is 0.311 e. The zero-order valence-electron chi connectivity index (χ0n) is 22.4. The van der Waals surface area contributed by atoms with Gasteiger partial charge in [-0.25, -0.2) is 0 Å². The molecule has 0 aromatic heterocycles. The lowest BCUT2D eigenvalue weighted by atomic mass is 9.76. The van der Waals surface area contributed by atoms with Gasteiger partial charge in [-0.05, 0) is 39.5 Å². The summed E-state index contributed by atoms with van der Waals surface area (Å²) >= 11 is 1.26. The summed E-state index contributed by atoms with van der Waals surface area (Å²) in [7, 11) is 0. The Morgan fingerprint density at radius 3 is 2.09 bits per heavy atom. The van der Waals surface area contributed by atoms with Gasteiger partial charge in [0.2, 0.25) is 11.8 Å². The number of nitrogens with one attached hydrogen (secondary N) is 2. The minimum Gasteiger partial charge on any atom is -0.461 e. The molecule has 0 saturated carbocycles. The number of ether oxygens (including phenoxy) is 2. The van der Waals surface area contributed by atoms with Crippen molar-refractivity contribution in [3.63, 3.8) is 0 Å². The Kier molecular flexibility index (Phi) is 14.5. The highest BCUT2D eigenvalue weighted by Crippen LogP contribution is 2.34. The van der Waals surface area contributed by atoms with Gasteiger partial charge in [-0.3, -0.25) is 19.2 Å². The normalized spacial score (nSPS) is 14.6. The summed E-state index contributed by atoms with van der Waals surface area (Å²) in [5.74, 6) is -1.46. The molecule has 0 aromatic carbocycles. The number of carbonyl (C=O) groups is 4. The number of esters is 2. The van der Waals surface area contributed by atoms with E-state index in [2.05, 4.69) is 10.6 Å². The van der Waals surface area contributed by atoms with Gasteiger partial charge in [0.05, 0.1) is 18.1 Å². The van der Waals surface area contributed by atoms with Gasteiger partial charge in [0.15, 0.2) is 0 Å². The minimum absolute atomic E-state index is 0.0618. The van der Waals surface area contributed by atoms with Crippen molar-refractivity contribution in [3.05, 3.63) is 0 Å². The topological polar surface area (TPSA) is 157 Å². The molecule has 0 aromatic rings. The van der Waals surface area contributed by atoms with Crippen LogP contribution in [0.2, 0.25) is 0 Å². The third-order valence-electron chi connectivity index (χ3n) is 4.70. The summed E-state index contributed by atoms with van der Waals surface area (Å²) in [5.41, 5.74) is 5.17. The molecule has 3 atom stereocenters. The summed E-state index contributed by atoms with van der Waals surface area (Å²) in [6.45, 7) is 14.3. The Balaban J connectivity index is 4.87. The van der Waals surface area contributed by atoms with Gasteiger partial charge in [0.25, 0.3) is 0 Å². The fourth-order valence-electron chi connectivity index (χ4n) is 3.41. The molecule has 0 saturated heterocycles. The molecule has 0 aliphatic heterocycles. The van der Waals surface area contributed by atoms with Crippen LogP contribution >= 0.6 is 11.8 Å². The van der Waals surface area contributed by atoms with E-state index in [0.717, 1.165) is 0 Å². The van der Waals surface area contributed by atoms with Crippen LogP contribution in [-0.2, 0) is 28.7 Å². The van der Waals surface area contributed by atoms with E-state index in [4.69, 9.17) is 15.2 Å². The number of carbonyl (C=O) groups excluding carboxylic acids is 4. The Morgan fingerprint density at radius 2 is 1.60 bits per heavy atom. The average Bonchev–Trinajstić information content (AvgIpc) is 2.72. The standard InChI is InChI=1S/C24H45N3O7S/c1-9-19(29)34-16(11-33-22(32)24(7,8)14-23(4,5)6)12-35-13-17(25)20(30)27-18(10-28)21(31)26-15(2)3/h15-18,28H,9-14,25H2,1-8H3,(H,26,31)(H,27,30)/t16-,17+,18+/m1/s1. The second-order valence-electron chi connectivity index (χ2n) is 10.7. The molecular formula is C24H45N3O7S. The molecule has 0 aliphatic carbocycles. The molecule has 0 aliphatic rings. The van der Waals surface area contributed by atoms with Crippen LogP contribution in [0.4, 0.5) is 0 Å². The first-order valence-electron chi connectivity index (χ1n) is 11.9. The third-order valence-corrected chi connectivity index (χ3v) is 5.90. The number of nitrogens with two attached hydrogens (primary N) is 1. The summed E-state index contributed by atoms with van der Waals surface area (Å²) in [6, 6.07) is -2.21. The number of rotatable bonds is 15. The first kappa shape index (κ1) is 33.1. The van der Waals surface area contributed by atoms with Gasteiger partial charge in [0, 0.05) is 24.0 Å². The van der Waals surface area contributed by atoms with Crippen molar-refractivity contribution in [1.29, 1.82) is 0 Å². The van der Waals surface area contributed by atoms with E-state index in [0.29, 0.717) is 6.42 Å². The van der Waals surface area contributed by atoms with Gasteiger partial charge in [0.1, 0.15) is 18.8 Å². The van der Waals surface area contributed by atoms with Crippen LogP contribution in [0, 0.1) is 10.8 Å². The Hall–Kier alpha value is -1.85. The molecule has 0 rings (SSSR count). The van der Waals surface area contributed by atoms with E-state index in [-0.39, 0.29) is 42.0 Å². The fraction of sp³-hybridized carbons (Fsp3) is 0.833. The van der Waals surface area contributed by atoms with Gasteiger partial charge >= 0.3 is 11.9 Å². The Morgan fingerprint density at radius 1 is 1.00 bits per heavy atom. The fourth-order valence-corrected chi connectivity index (χ4v) is 4.38. The van der Waals surface area contributed by atoms with Crippen LogP contribution in [0.15, 0.2) is 0 Å². The number of amides is 2. The van der Waals surface area contributed by atoms with Crippen molar-refractivity contribution < 1.29 is 33.8 Å². The predicted octanol–water partition coefficient (Wildman–Crippen LogP) is 1.38. The SMILES string of the molecule is CCC(=O)O[C@H](COC(=O)C(C)(C)CC(C)(C)C)CSC[C@H](N)C(=O)N[C@@H](CO)C(=O)NC(C)C. The largest absolute Gasteiger partial charge is 0.461 e. The second-order valence-corrected chi connectivity index (χ2v) is 11.8. The molecule has 0 spiro atoms. The molecule has 35 heavy (non-hydrogen) atoms. The molecule has 0 unspecified atom stereocenters. The van der Waals surface area contributed by atoms with Crippen molar-refractivity contribution in [3.8, 4) is 0 Å². The lowest BCUT2D eigenvalue weighted by Gasteiger charge is -2.31. The van der Waals surface area contributed by atoms with Gasteiger partial charge < -0.3 is 30.9 Å². The number of hydrogen-bond acceptors (Lipinski definition) is 9. The lowest BCUT2D eigenvalue weighted by Crippen LogP contribution is -2.54. The highest BCUT2D eigenvalue weighted by atomic mass is 32.2. The average molecular weight is 520 g/mol. The van der Waals surface area contributed by atoms with Crippen molar-refractivity contribution >= 4 is 35.5 Å². The Labute approximate surface area is 213 Å². The van der Waals surface area contributed by atoms with Crippen LogP contribution in [0.1, 0.15) is 68.2 Å². The molecule has 11 heteroatoms. The second kappa shape index (κ2) is 15.3. The highest BCUT2D eigenvalue weighted by molar-refractivity contribution is 7.99. The lowest BCUT2D eigenvalue weighted by molar-refractivity contribution is -0.164. The summed E-state index contributed by atoms with van der Waals surface area (Å²) in [6.07, 6.45) is 0.105. The predicted molar refractivity (Wildman–Crippen MR) is 137 cm³/mol. The maximum absolute atomic E-state index is 12.6. The van der Waals surface area contributed by atoms with E-state index in [1.54, 1.807) is 20.8 Å². The first-order chi connectivity index (χ1) is 16.0. The van der Waals surface area contributed by atoms with Gasteiger partial charge in [-0.1, -0.05) is 27.7 Å². The first-order valence-corrected chi connectivity index (χ1v) is 13.1. The monoisotopic (exact) mass is 519 g/mol. The molecule has 10 nitrogen and oxygen atoms in total. The molecule has 5 N–H and O–H groups in total. The minimum atomic E-state index is -1.10. The number of thioether (sulfide) groups is 1. The van der Waals surface area contributed by atoms with E-state index in [1.807, 2.05) is 34.6 Å². The van der Waals surface area contributed by atoms with Crippen molar-refractivity contribution in [1.82, 2.24) is 10.6 Å². The summed E-state index contributed by atoms with van der Waals surface area (Å²) < 4.78 is 10.9. The number of aliphatic hydroxyl groups excluding tert-OH is 1. The number of hydrogen-bond donors (Lipinski definition) is 4. The van der Waals surface area contributed by atoms with Crippen LogP contribution in [0.3, 0.4) is 0 Å². The van der Waals surface area contributed by atoms with Crippen LogP contribution in [0.25, 0.3) is 0 Å². The van der Waals surface area contributed by atoms with Crippen LogP contribution < -0.4 is 16.4 Å². The van der Waals surface area contributed by atoms with E-state index in [1.165, 1.54) is 11.8 Å². The molecule has 0 radical (unpaired) electrons. The molecule has 2 amide bonds. The van der Waals surface area contributed by atoms with Crippen molar-refractivity contribution in [2.45, 2.75) is 92.5 Å². The summed E-state index contributed by atoms with van der Waals surface area (Å²) in [5, 5.41) is 14.5. The molecule has 0 bridgehead atoms. The highest BCUT2D eigenvalue weighted by Gasteiger charge is 2.34. The van der Waals surface area contributed by atoms with Crippen LogP contribution in [0.5, 0.6) is 0 Å². The maximum Gasteiger partial charge on any atom is 0.311 e. The zero-order valence-corrected chi connectivity index (χ0v) is 23.3. The van der Waals surface area contributed by atoms with Gasteiger partial charge in [-0.15, -0.1) is 0 Å². The third kappa shape index (κ3) is 14.3. The van der Waals surface area contributed by atoms with Crippen molar-refractivity contribution in [2.24, 2.45) is 16.6 Å². The van der Waals surface area contributed by atoms with E-state index in [9.17, 15) is 24.3 Å².